The van der Waals surface area contributed by atoms with Gasteiger partial charge in [0.25, 0.3) is 0 Å². The Bertz CT molecular complexity index is 1940. The van der Waals surface area contributed by atoms with Crippen LogP contribution in [0, 0.1) is 21.7 Å². The molecule has 1 saturated heterocycles. The summed E-state index contributed by atoms with van der Waals surface area (Å²) in [4.78, 5) is 91.3. The summed E-state index contributed by atoms with van der Waals surface area (Å²) in [6, 6.07) is 11.2. The van der Waals surface area contributed by atoms with Crippen LogP contribution in [0.2, 0.25) is 0 Å². The molecule has 1 aliphatic heterocycles. The summed E-state index contributed by atoms with van der Waals surface area (Å²) in [5.74, 6) is -4.88. The van der Waals surface area contributed by atoms with Gasteiger partial charge in [0.15, 0.2) is 18.0 Å². The lowest BCUT2D eigenvalue weighted by molar-refractivity contribution is -0.293. The Morgan fingerprint density at radius 1 is 0.639 bits per heavy atom. The fourth-order valence-electron chi connectivity index (χ4n) is 5.53. The molecule has 0 spiro atoms. The standard InChI is InChI=1S/C46H62O15/c1-14-55-34(50)23-26-16-15-17-27(22-26)29-24-28(30(47)19-21-33(48)49)18-20-31(29)57-38-37(61-42(54)46(11,12)13)36(60-41(53)45(8,9)10)35(59-40(52)44(5,6)7)32(58-38)25-56-39(51)43(2,3)4/h15-18,20,22,24,32,35-38H,14,19,21,23,25H2,1-13H3,(H,48,49)/t32-,35-,36+,37+,38+/m1/s1. The molecule has 15 heteroatoms. The van der Waals surface area contributed by atoms with Crippen LogP contribution >= 0.6 is 0 Å². The lowest BCUT2D eigenvalue weighted by Crippen LogP contribution is -2.65. The molecule has 0 aromatic heterocycles. The number of carbonyl (C=O) groups excluding carboxylic acids is 6. The van der Waals surface area contributed by atoms with E-state index in [4.69, 9.17) is 33.2 Å². The molecule has 1 aliphatic rings. The molecular weight excluding hydrogens is 792 g/mol. The van der Waals surface area contributed by atoms with Crippen molar-refractivity contribution in [3.8, 4) is 16.9 Å². The van der Waals surface area contributed by atoms with Crippen LogP contribution in [-0.2, 0) is 63.6 Å². The third-order valence-electron chi connectivity index (χ3n) is 9.15. The fraction of sp³-hybridized carbons (Fsp3) is 0.587. The molecule has 1 N–H and O–H groups in total. The molecule has 0 aliphatic carbocycles. The molecule has 336 valence electrons. The van der Waals surface area contributed by atoms with Gasteiger partial charge >= 0.3 is 35.8 Å². The smallest absolute Gasteiger partial charge is 0.311 e. The number of rotatable bonds is 15. The highest BCUT2D eigenvalue weighted by atomic mass is 16.7. The summed E-state index contributed by atoms with van der Waals surface area (Å²) in [5, 5.41) is 9.26. The molecule has 3 rings (SSSR count). The van der Waals surface area contributed by atoms with Crippen molar-refractivity contribution >= 4 is 41.6 Å². The number of carbonyl (C=O) groups is 7. The molecule has 0 saturated carbocycles. The second-order valence-electron chi connectivity index (χ2n) is 19.1. The summed E-state index contributed by atoms with van der Waals surface area (Å²) in [6.07, 6.45) is -8.50. The van der Waals surface area contributed by atoms with Crippen LogP contribution in [0.4, 0.5) is 0 Å². The molecule has 0 unspecified atom stereocenters. The summed E-state index contributed by atoms with van der Waals surface area (Å²) < 4.78 is 42.2. The van der Waals surface area contributed by atoms with Gasteiger partial charge < -0.3 is 38.3 Å². The first-order valence-corrected chi connectivity index (χ1v) is 20.3. The number of carboxylic acid groups (broad SMARTS) is 1. The molecule has 1 fully saturated rings. The topological polar surface area (TPSA) is 204 Å². The number of hydrogen-bond acceptors (Lipinski definition) is 14. The number of carboxylic acids is 1. The second kappa shape index (κ2) is 20.0. The van der Waals surface area contributed by atoms with Gasteiger partial charge in [-0.05, 0) is 119 Å². The zero-order valence-electron chi connectivity index (χ0n) is 37.6. The summed E-state index contributed by atoms with van der Waals surface area (Å²) in [6.45, 7) is 20.8. The maximum absolute atomic E-state index is 13.8. The molecule has 15 nitrogen and oxygen atoms in total. The van der Waals surface area contributed by atoms with Crippen LogP contribution in [0.15, 0.2) is 42.5 Å². The Morgan fingerprint density at radius 3 is 1.70 bits per heavy atom. The molecule has 2 aromatic carbocycles. The Labute approximate surface area is 358 Å². The maximum Gasteiger partial charge on any atom is 0.311 e. The summed E-state index contributed by atoms with van der Waals surface area (Å²) >= 11 is 0. The second-order valence-corrected chi connectivity index (χ2v) is 19.1. The van der Waals surface area contributed by atoms with E-state index in [2.05, 4.69) is 0 Å². The average Bonchev–Trinajstić information content (AvgIpc) is 3.13. The quantitative estimate of drug-likeness (QED) is 0.108. The van der Waals surface area contributed by atoms with E-state index in [0.717, 1.165) is 0 Å². The predicted octanol–water partition coefficient (Wildman–Crippen LogP) is 7.07. The van der Waals surface area contributed by atoms with Gasteiger partial charge in [-0.15, -0.1) is 0 Å². The minimum atomic E-state index is -1.65. The monoisotopic (exact) mass is 854 g/mol. The van der Waals surface area contributed by atoms with Crippen LogP contribution in [-0.4, -0.2) is 90.6 Å². The van der Waals surface area contributed by atoms with Crippen molar-refractivity contribution in [2.45, 2.75) is 140 Å². The van der Waals surface area contributed by atoms with E-state index in [9.17, 15) is 38.7 Å². The first kappa shape index (κ1) is 50.0. The van der Waals surface area contributed by atoms with E-state index in [1.54, 1.807) is 114 Å². The molecule has 61 heavy (non-hydrogen) atoms. The summed E-state index contributed by atoms with van der Waals surface area (Å²) in [5.41, 5.74) is -2.77. The molecule has 5 atom stereocenters. The largest absolute Gasteiger partial charge is 0.481 e. The average molecular weight is 855 g/mol. The Kier molecular flexibility index (Phi) is 16.4. The van der Waals surface area contributed by atoms with Gasteiger partial charge in [-0.2, -0.15) is 0 Å². The normalized spacial score (nSPS) is 19.5. The first-order chi connectivity index (χ1) is 28.0. The predicted molar refractivity (Wildman–Crippen MR) is 221 cm³/mol. The van der Waals surface area contributed by atoms with Gasteiger partial charge in [-0.25, -0.2) is 0 Å². The van der Waals surface area contributed by atoms with Crippen molar-refractivity contribution in [2.75, 3.05) is 13.2 Å². The van der Waals surface area contributed by atoms with Crippen molar-refractivity contribution in [2.24, 2.45) is 21.7 Å². The molecule has 2 aromatic rings. The number of esters is 5. The van der Waals surface area contributed by atoms with Crippen LogP contribution in [0.1, 0.15) is 119 Å². The lowest BCUT2D eigenvalue weighted by Gasteiger charge is -2.45. The zero-order valence-corrected chi connectivity index (χ0v) is 37.6. The van der Waals surface area contributed by atoms with Crippen LogP contribution in [0.3, 0.4) is 0 Å². The van der Waals surface area contributed by atoms with Crippen molar-refractivity contribution in [1.29, 1.82) is 0 Å². The van der Waals surface area contributed by atoms with E-state index in [1.165, 1.54) is 18.2 Å². The lowest BCUT2D eigenvalue weighted by atomic mass is 9.93. The SMILES string of the molecule is CCOC(=O)Cc1cccc(-c2cc(C(=O)CCC(=O)O)ccc2O[C@H]2O[C@H](COC(=O)C(C)(C)C)[C@@H](OC(=O)C(C)(C)C)[C@H](OC(=O)C(C)(C)C)[C@@H]2OC(=O)C(C)(C)C)c1. The van der Waals surface area contributed by atoms with Gasteiger partial charge in [-0.1, -0.05) is 24.3 Å². The van der Waals surface area contributed by atoms with Gasteiger partial charge in [-0.3, -0.25) is 33.6 Å². The van der Waals surface area contributed by atoms with Crippen molar-refractivity contribution in [3.63, 3.8) is 0 Å². The number of aliphatic carboxylic acids is 1. The highest BCUT2D eigenvalue weighted by molar-refractivity contribution is 5.99. The van der Waals surface area contributed by atoms with Crippen molar-refractivity contribution in [1.82, 2.24) is 0 Å². The number of ether oxygens (including phenoxy) is 7. The summed E-state index contributed by atoms with van der Waals surface area (Å²) in [7, 11) is 0. The Morgan fingerprint density at radius 2 is 1.18 bits per heavy atom. The van der Waals surface area contributed by atoms with Crippen LogP contribution in [0.5, 0.6) is 5.75 Å². The number of benzene rings is 2. The van der Waals surface area contributed by atoms with E-state index in [-0.39, 0.29) is 36.3 Å². The number of Topliss-reactive ketones (excluding diaryl/α,β-unsaturated/α-hetero) is 1. The molecule has 0 bridgehead atoms. The van der Waals surface area contributed by atoms with Crippen molar-refractivity contribution < 1.29 is 71.8 Å². The maximum atomic E-state index is 13.8. The van der Waals surface area contributed by atoms with Gasteiger partial charge in [0.1, 0.15) is 18.5 Å². The van der Waals surface area contributed by atoms with E-state index in [1.807, 2.05) is 0 Å². The molecule has 0 amide bonds. The Hall–Kier alpha value is -5.31. The third-order valence-corrected chi connectivity index (χ3v) is 9.15. The number of ketones is 1. The van der Waals surface area contributed by atoms with Gasteiger partial charge in [0.05, 0.1) is 41.1 Å². The molecule has 1 heterocycles. The third kappa shape index (κ3) is 14.4. The molecular formula is C46H62O15. The van der Waals surface area contributed by atoms with E-state index in [0.29, 0.717) is 11.1 Å². The molecule has 0 radical (unpaired) electrons. The first-order valence-electron chi connectivity index (χ1n) is 20.3. The Balaban J connectivity index is 2.34. The highest BCUT2D eigenvalue weighted by Crippen LogP contribution is 2.38. The zero-order chi connectivity index (χ0) is 46.2. The van der Waals surface area contributed by atoms with Gasteiger partial charge in [0.2, 0.25) is 12.4 Å². The van der Waals surface area contributed by atoms with Crippen molar-refractivity contribution in [3.05, 3.63) is 53.6 Å². The number of hydrogen-bond donors (Lipinski definition) is 1. The van der Waals surface area contributed by atoms with Crippen LogP contribution < -0.4 is 4.74 Å². The van der Waals surface area contributed by atoms with Gasteiger partial charge in [0, 0.05) is 17.5 Å². The van der Waals surface area contributed by atoms with Crippen LogP contribution in [0.25, 0.3) is 11.1 Å². The minimum absolute atomic E-state index is 0.0568. The minimum Gasteiger partial charge on any atom is -0.481 e. The van der Waals surface area contributed by atoms with E-state index < -0.39 is 107 Å². The van der Waals surface area contributed by atoms with E-state index >= 15 is 0 Å². The fourth-order valence-corrected chi connectivity index (χ4v) is 5.53. The highest BCUT2D eigenvalue weighted by Gasteiger charge is 2.56.